The van der Waals surface area contributed by atoms with E-state index in [0.717, 1.165) is 12.8 Å². The molecule has 0 amide bonds. The van der Waals surface area contributed by atoms with Gasteiger partial charge in [-0.3, -0.25) is 0 Å². The van der Waals surface area contributed by atoms with E-state index in [9.17, 15) is 0 Å². The number of benzene rings is 1. The Morgan fingerprint density at radius 1 is 1.05 bits per heavy atom. The molecule has 1 fully saturated rings. The molecule has 0 saturated heterocycles. The summed E-state index contributed by atoms with van der Waals surface area (Å²) in [6.07, 6.45) is 5.99. The molecule has 0 bridgehead atoms. The van der Waals surface area contributed by atoms with Crippen molar-refractivity contribution >= 4 is 34.9 Å². The molecule has 1 heterocycles. The van der Waals surface area contributed by atoms with Gasteiger partial charge in [-0.1, -0.05) is 53.6 Å². The lowest BCUT2D eigenvalue weighted by Gasteiger charge is -2.17. The number of halogens is 2. The number of para-hydroxylation sites is 1. The van der Waals surface area contributed by atoms with Crippen LogP contribution in [0.4, 0.5) is 11.7 Å². The van der Waals surface area contributed by atoms with Crippen LogP contribution >= 0.6 is 23.2 Å². The highest BCUT2D eigenvalue weighted by Gasteiger charge is 2.21. The third-order valence-corrected chi connectivity index (χ3v) is 4.22. The molecule has 106 valence electrons. The molecule has 2 aromatic rings. The number of anilines is 2. The number of aromatic nitrogens is 2. The molecule has 0 unspecified atom stereocenters. The highest BCUT2D eigenvalue weighted by atomic mass is 35.5. The van der Waals surface area contributed by atoms with Gasteiger partial charge < -0.3 is 9.73 Å². The van der Waals surface area contributed by atoms with Crippen molar-refractivity contribution in [3.8, 4) is 0 Å². The van der Waals surface area contributed by atoms with Crippen LogP contribution in [0.3, 0.4) is 0 Å². The average Bonchev–Trinajstić information content (AvgIpc) is 2.93. The van der Waals surface area contributed by atoms with Crippen LogP contribution in [0.2, 0.25) is 10.0 Å². The van der Waals surface area contributed by atoms with Crippen molar-refractivity contribution in [1.82, 2.24) is 10.2 Å². The van der Waals surface area contributed by atoms with Crippen LogP contribution in [0.5, 0.6) is 0 Å². The number of rotatable bonds is 3. The minimum absolute atomic E-state index is 0.334. The van der Waals surface area contributed by atoms with Crippen LogP contribution in [-0.2, 0) is 0 Å². The first-order chi connectivity index (χ1) is 9.74. The summed E-state index contributed by atoms with van der Waals surface area (Å²) in [5.74, 6) is 1.09. The molecule has 6 heteroatoms. The van der Waals surface area contributed by atoms with E-state index < -0.39 is 0 Å². The SMILES string of the molecule is Clc1cccc(Cl)c1Nc1nnc(C2CCCCC2)o1. The Morgan fingerprint density at radius 2 is 1.75 bits per heavy atom. The molecule has 3 rings (SSSR count). The van der Waals surface area contributed by atoms with Gasteiger partial charge in [-0.05, 0) is 25.0 Å². The number of nitrogens with zero attached hydrogens (tertiary/aromatic N) is 2. The van der Waals surface area contributed by atoms with Crippen LogP contribution in [0, 0.1) is 0 Å². The summed E-state index contributed by atoms with van der Waals surface area (Å²) < 4.78 is 5.69. The fourth-order valence-corrected chi connectivity index (χ4v) is 3.02. The Kier molecular flexibility index (Phi) is 4.13. The molecule has 1 saturated carbocycles. The van der Waals surface area contributed by atoms with Crippen molar-refractivity contribution in [3.05, 3.63) is 34.1 Å². The Labute approximate surface area is 127 Å². The number of hydrogen-bond donors (Lipinski definition) is 1. The molecule has 4 nitrogen and oxygen atoms in total. The normalized spacial score (nSPS) is 16.3. The topological polar surface area (TPSA) is 51.0 Å². The van der Waals surface area contributed by atoms with E-state index in [-0.39, 0.29) is 0 Å². The molecule has 1 N–H and O–H groups in total. The molecule has 1 aliphatic rings. The molecule has 0 atom stereocenters. The fourth-order valence-electron chi connectivity index (χ4n) is 2.52. The summed E-state index contributed by atoms with van der Waals surface area (Å²) >= 11 is 12.2. The molecule has 0 radical (unpaired) electrons. The van der Waals surface area contributed by atoms with E-state index in [0.29, 0.717) is 33.6 Å². The van der Waals surface area contributed by atoms with E-state index in [4.69, 9.17) is 27.6 Å². The largest absolute Gasteiger partial charge is 0.408 e. The van der Waals surface area contributed by atoms with Crippen molar-refractivity contribution in [2.45, 2.75) is 38.0 Å². The molecule has 20 heavy (non-hydrogen) atoms. The van der Waals surface area contributed by atoms with Gasteiger partial charge in [0, 0.05) is 5.92 Å². The monoisotopic (exact) mass is 311 g/mol. The lowest BCUT2D eigenvalue weighted by atomic mass is 9.89. The van der Waals surface area contributed by atoms with Gasteiger partial charge in [-0.15, -0.1) is 5.10 Å². The summed E-state index contributed by atoms with van der Waals surface area (Å²) in [6.45, 7) is 0. The van der Waals surface area contributed by atoms with E-state index >= 15 is 0 Å². The van der Waals surface area contributed by atoms with Crippen molar-refractivity contribution in [1.29, 1.82) is 0 Å². The lowest BCUT2D eigenvalue weighted by molar-refractivity contribution is 0.368. The van der Waals surface area contributed by atoms with Crippen LogP contribution < -0.4 is 5.32 Å². The second kappa shape index (κ2) is 6.02. The van der Waals surface area contributed by atoms with Crippen molar-refractivity contribution in [3.63, 3.8) is 0 Å². The van der Waals surface area contributed by atoms with Crippen LogP contribution in [-0.4, -0.2) is 10.2 Å². The second-order valence-electron chi connectivity index (χ2n) is 5.00. The molecular weight excluding hydrogens is 297 g/mol. The quantitative estimate of drug-likeness (QED) is 0.849. The van der Waals surface area contributed by atoms with Crippen LogP contribution in [0.25, 0.3) is 0 Å². The highest BCUT2D eigenvalue weighted by molar-refractivity contribution is 6.39. The van der Waals surface area contributed by atoms with Gasteiger partial charge >= 0.3 is 6.01 Å². The van der Waals surface area contributed by atoms with Gasteiger partial charge in [-0.25, -0.2) is 0 Å². The minimum atomic E-state index is 0.334. The van der Waals surface area contributed by atoms with Gasteiger partial charge in [0.25, 0.3) is 0 Å². The highest BCUT2D eigenvalue weighted by Crippen LogP contribution is 2.35. The average molecular weight is 312 g/mol. The van der Waals surface area contributed by atoms with Gasteiger partial charge in [0.1, 0.15) is 0 Å². The first kappa shape index (κ1) is 13.7. The predicted octanol–water partition coefficient (Wildman–Crippen LogP) is 5.17. The number of nitrogens with one attached hydrogen (secondary N) is 1. The first-order valence-corrected chi connectivity index (χ1v) is 7.54. The summed E-state index contributed by atoms with van der Waals surface area (Å²) in [5.41, 5.74) is 0.592. The Bertz CT molecular complexity index is 574. The summed E-state index contributed by atoms with van der Waals surface area (Å²) in [6, 6.07) is 5.64. The molecule has 0 spiro atoms. The van der Waals surface area contributed by atoms with E-state index in [1.807, 2.05) is 0 Å². The fraction of sp³-hybridized carbons (Fsp3) is 0.429. The molecule has 1 aromatic heterocycles. The standard InChI is InChI=1S/C14H15Cl2N3O/c15-10-7-4-8-11(16)12(10)17-14-19-18-13(20-14)9-5-2-1-3-6-9/h4,7-9H,1-3,5-6H2,(H,17,19). The Morgan fingerprint density at radius 3 is 2.45 bits per heavy atom. The van der Waals surface area contributed by atoms with Crippen LogP contribution in [0.1, 0.15) is 43.9 Å². The summed E-state index contributed by atoms with van der Waals surface area (Å²) in [5, 5.41) is 12.2. The maximum Gasteiger partial charge on any atom is 0.320 e. The molecule has 0 aliphatic heterocycles. The molecular formula is C14H15Cl2N3O. The van der Waals surface area contributed by atoms with Crippen molar-refractivity contribution < 1.29 is 4.42 Å². The molecule has 1 aliphatic carbocycles. The van der Waals surface area contributed by atoms with Crippen LogP contribution in [0.15, 0.2) is 22.6 Å². The minimum Gasteiger partial charge on any atom is -0.408 e. The van der Waals surface area contributed by atoms with E-state index in [1.165, 1.54) is 19.3 Å². The Balaban J connectivity index is 1.77. The summed E-state index contributed by atoms with van der Waals surface area (Å²) in [7, 11) is 0. The zero-order valence-electron chi connectivity index (χ0n) is 10.9. The lowest BCUT2D eigenvalue weighted by Crippen LogP contribution is -2.04. The van der Waals surface area contributed by atoms with E-state index in [2.05, 4.69) is 15.5 Å². The second-order valence-corrected chi connectivity index (χ2v) is 5.82. The third-order valence-electron chi connectivity index (χ3n) is 3.59. The van der Waals surface area contributed by atoms with Crippen molar-refractivity contribution in [2.24, 2.45) is 0 Å². The van der Waals surface area contributed by atoms with Gasteiger partial charge in [-0.2, -0.15) is 0 Å². The predicted molar refractivity (Wildman–Crippen MR) is 79.9 cm³/mol. The maximum absolute atomic E-state index is 6.10. The zero-order chi connectivity index (χ0) is 13.9. The summed E-state index contributed by atoms with van der Waals surface area (Å²) in [4.78, 5) is 0. The van der Waals surface area contributed by atoms with Crippen molar-refractivity contribution in [2.75, 3.05) is 5.32 Å². The smallest absolute Gasteiger partial charge is 0.320 e. The van der Waals surface area contributed by atoms with Gasteiger partial charge in [0.15, 0.2) is 0 Å². The molecule has 1 aromatic carbocycles. The number of hydrogen-bond acceptors (Lipinski definition) is 4. The van der Waals surface area contributed by atoms with Gasteiger partial charge in [0.05, 0.1) is 15.7 Å². The third kappa shape index (κ3) is 2.91. The van der Waals surface area contributed by atoms with E-state index in [1.54, 1.807) is 18.2 Å². The van der Waals surface area contributed by atoms with Gasteiger partial charge in [0.2, 0.25) is 5.89 Å². The zero-order valence-corrected chi connectivity index (χ0v) is 12.4. The maximum atomic E-state index is 6.10. The Hall–Kier alpha value is -1.26. The first-order valence-electron chi connectivity index (χ1n) is 6.78.